The number of aryl methyl sites for hydroxylation is 1. The van der Waals surface area contributed by atoms with Crippen molar-refractivity contribution in [2.45, 2.75) is 20.0 Å². The summed E-state index contributed by atoms with van der Waals surface area (Å²) in [5.41, 5.74) is -0.968. The molecule has 0 bridgehead atoms. The van der Waals surface area contributed by atoms with Gasteiger partial charge in [0.2, 0.25) is 0 Å². The van der Waals surface area contributed by atoms with Gasteiger partial charge in [0.15, 0.2) is 0 Å². The van der Waals surface area contributed by atoms with Crippen molar-refractivity contribution >= 4 is 0 Å². The van der Waals surface area contributed by atoms with Gasteiger partial charge in [0, 0.05) is 5.41 Å². The molecule has 80 valence electrons. The fourth-order valence-electron chi connectivity index (χ4n) is 1.17. The first-order valence-electron chi connectivity index (χ1n) is 4.49. The molecule has 1 atom stereocenters. The highest BCUT2D eigenvalue weighted by molar-refractivity contribution is 5.10. The third kappa shape index (κ3) is 1.97. The molecule has 4 nitrogen and oxygen atoms in total. The summed E-state index contributed by atoms with van der Waals surface area (Å²) in [4.78, 5) is 0. The van der Waals surface area contributed by atoms with Crippen LogP contribution in [0.5, 0.6) is 0 Å². The van der Waals surface area contributed by atoms with E-state index in [1.54, 1.807) is 26.0 Å². The number of rotatable bonds is 4. The highest BCUT2D eigenvalue weighted by atomic mass is 16.4. The van der Waals surface area contributed by atoms with Gasteiger partial charge in [-0.15, -0.1) is 0 Å². The van der Waals surface area contributed by atoms with Crippen LogP contribution in [0.3, 0.4) is 0 Å². The zero-order valence-corrected chi connectivity index (χ0v) is 8.40. The Kier molecular flexibility index (Phi) is 3.31. The molecule has 0 fully saturated rings. The summed E-state index contributed by atoms with van der Waals surface area (Å²) in [6, 6.07) is 3.37. The van der Waals surface area contributed by atoms with Crippen molar-refractivity contribution in [1.82, 2.24) is 0 Å². The lowest BCUT2D eigenvalue weighted by Gasteiger charge is -2.28. The van der Waals surface area contributed by atoms with E-state index in [0.717, 1.165) is 0 Å². The lowest BCUT2D eigenvalue weighted by atomic mass is 9.85. The molecule has 1 aromatic rings. The first-order valence-corrected chi connectivity index (χ1v) is 4.49. The Labute approximate surface area is 82.8 Å². The number of aliphatic hydroxyl groups excluding tert-OH is 3. The average Bonchev–Trinajstić information content (AvgIpc) is 2.62. The Morgan fingerprint density at radius 2 is 1.93 bits per heavy atom. The molecule has 0 spiro atoms. The monoisotopic (exact) mass is 200 g/mol. The van der Waals surface area contributed by atoms with E-state index in [9.17, 15) is 5.11 Å². The van der Waals surface area contributed by atoms with Gasteiger partial charge in [-0.25, -0.2) is 0 Å². The zero-order chi connectivity index (χ0) is 10.8. The molecule has 0 aliphatic rings. The van der Waals surface area contributed by atoms with Crippen molar-refractivity contribution in [1.29, 1.82) is 0 Å². The zero-order valence-electron chi connectivity index (χ0n) is 8.40. The van der Waals surface area contributed by atoms with E-state index < -0.39 is 11.5 Å². The smallest absolute Gasteiger partial charge is 0.133 e. The fourth-order valence-corrected chi connectivity index (χ4v) is 1.17. The summed E-state index contributed by atoms with van der Waals surface area (Å²) < 4.78 is 5.22. The van der Waals surface area contributed by atoms with Gasteiger partial charge in [-0.2, -0.15) is 0 Å². The third-order valence-electron chi connectivity index (χ3n) is 2.41. The minimum absolute atomic E-state index is 0.301. The SMILES string of the molecule is Cc1ccc(C(O)C(C)(CO)CO)o1. The molecule has 0 radical (unpaired) electrons. The van der Waals surface area contributed by atoms with Gasteiger partial charge in [-0.05, 0) is 19.1 Å². The van der Waals surface area contributed by atoms with Gasteiger partial charge >= 0.3 is 0 Å². The summed E-state index contributed by atoms with van der Waals surface area (Å²) in [6.07, 6.45) is -0.994. The average molecular weight is 200 g/mol. The van der Waals surface area contributed by atoms with Gasteiger partial charge in [0.05, 0.1) is 13.2 Å². The van der Waals surface area contributed by atoms with Crippen LogP contribution in [0.4, 0.5) is 0 Å². The number of hydrogen-bond acceptors (Lipinski definition) is 4. The Bertz CT molecular complexity index is 288. The molecule has 0 aliphatic heterocycles. The molecule has 4 heteroatoms. The maximum atomic E-state index is 9.84. The summed E-state index contributed by atoms with van der Waals surface area (Å²) >= 11 is 0. The largest absolute Gasteiger partial charge is 0.464 e. The van der Waals surface area contributed by atoms with E-state index in [-0.39, 0.29) is 13.2 Å². The Hall–Kier alpha value is -0.840. The van der Waals surface area contributed by atoms with Crippen LogP contribution in [0.2, 0.25) is 0 Å². The molecule has 1 unspecified atom stereocenters. The molecule has 0 aliphatic carbocycles. The maximum absolute atomic E-state index is 9.84. The molecule has 0 saturated heterocycles. The minimum atomic E-state index is -0.994. The van der Waals surface area contributed by atoms with E-state index in [1.807, 2.05) is 0 Å². The second-order valence-electron chi connectivity index (χ2n) is 3.82. The quantitative estimate of drug-likeness (QED) is 0.665. The molecule has 14 heavy (non-hydrogen) atoms. The fraction of sp³-hybridized carbons (Fsp3) is 0.600. The minimum Gasteiger partial charge on any atom is -0.464 e. The van der Waals surface area contributed by atoms with Crippen molar-refractivity contribution in [3.05, 3.63) is 23.7 Å². The third-order valence-corrected chi connectivity index (χ3v) is 2.41. The molecular formula is C10H16O4. The summed E-state index contributed by atoms with van der Waals surface area (Å²) in [5, 5.41) is 28.0. The second kappa shape index (κ2) is 4.13. The summed E-state index contributed by atoms with van der Waals surface area (Å²) in [5.74, 6) is 1.06. The van der Waals surface area contributed by atoms with Crippen LogP contribution in [-0.4, -0.2) is 28.5 Å². The lowest BCUT2D eigenvalue weighted by molar-refractivity contribution is -0.0523. The standard InChI is InChI=1S/C10H16O4/c1-7-3-4-8(14-7)9(13)10(2,5-11)6-12/h3-4,9,11-13H,5-6H2,1-2H3. The van der Waals surface area contributed by atoms with E-state index in [0.29, 0.717) is 11.5 Å². The molecule has 3 N–H and O–H groups in total. The highest BCUT2D eigenvalue weighted by Crippen LogP contribution is 2.33. The van der Waals surface area contributed by atoms with Crippen molar-refractivity contribution in [3.8, 4) is 0 Å². The lowest BCUT2D eigenvalue weighted by Crippen LogP contribution is -2.33. The van der Waals surface area contributed by atoms with Gasteiger partial charge in [-0.3, -0.25) is 0 Å². The van der Waals surface area contributed by atoms with E-state index >= 15 is 0 Å². The maximum Gasteiger partial charge on any atom is 0.133 e. The normalized spacial score (nSPS) is 14.4. The molecule has 1 rings (SSSR count). The van der Waals surface area contributed by atoms with Gasteiger partial charge < -0.3 is 19.7 Å². The van der Waals surface area contributed by atoms with Crippen LogP contribution in [0, 0.1) is 12.3 Å². The Morgan fingerprint density at radius 1 is 1.36 bits per heavy atom. The summed E-state index contributed by atoms with van der Waals surface area (Å²) in [6.45, 7) is 2.76. The number of furan rings is 1. The molecule has 1 heterocycles. The van der Waals surface area contributed by atoms with Crippen LogP contribution >= 0.6 is 0 Å². The first-order chi connectivity index (χ1) is 6.53. The predicted octanol–water partition coefficient (Wildman–Crippen LogP) is 0.612. The van der Waals surface area contributed by atoms with Gasteiger partial charge in [0.1, 0.15) is 17.6 Å². The topological polar surface area (TPSA) is 73.8 Å². The molecule has 0 amide bonds. The Balaban J connectivity index is 2.88. The van der Waals surface area contributed by atoms with Crippen LogP contribution < -0.4 is 0 Å². The van der Waals surface area contributed by atoms with E-state index in [4.69, 9.17) is 14.6 Å². The number of hydrogen-bond donors (Lipinski definition) is 3. The summed E-state index contributed by atoms with van der Waals surface area (Å²) in [7, 11) is 0. The van der Waals surface area contributed by atoms with Crippen molar-refractivity contribution in [3.63, 3.8) is 0 Å². The van der Waals surface area contributed by atoms with Gasteiger partial charge in [0.25, 0.3) is 0 Å². The molecular weight excluding hydrogens is 184 g/mol. The van der Waals surface area contributed by atoms with E-state index in [1.165, 1.54) is 0 Å². The molecule has 0 aromatic carbocycles. The van der Waals surface area contributed by atoms with Gasteiger partial charge in [-0.1, -0.05) is 6.92 Å². The highest BCUT2D eigenvalue weighted by Gasteiger charge is 2.34. The van der Waals surface area contributed by atoms with E-state index in [2.05, 4.69) is 0 Å². The van der Waals surface area contributed by atoms with Crippen LogP contribution in [0.25, 0.3) is 0 Å². The molecule has 0 saturated carbocycles. The Morgan fingerprint density at radius 3 is 2.29 bits per heavy atom. The first kappa shape index (κ1) is 11.2. The number of aliphatic hydroxyl groups is 3. The van der Waals surface area contributed by atoms with Crippen molar-refractivity contribution in [2.75, 3.05) is 13.2 Å². The predicted molar refractivity (Wildman–Crippen MR) is 50.7 cm³/mol. The van der Waals surface area contributed by atoms with Crippen LogP contribution in [0.15, 0.2) is 16.5 Å². The van der Waals surface area contributed by atoms with Crippen LogP contribution in [-0.2, 0) is 0 Å². The van der Waals surface area contributed by atoms with Crippen molar-refractivity contribution < 1.29 is 19.7 Å². The second-order valence-corrected chi connectivity index (χ2v) is 3.82. The molecule has 1 aromatic heterocycles. The van der Waals surface area contributed by atoms with Crippen LogP contribution in [0.1, 0.15) is 24.5 Å². The van der Waals surface area contributed by atoms with Crippen molar-refractivity contribution in [2.24, 2.45) is 5.41 Å².